The van der Waals surface area contributed by atoms with Gasteiger partial charge in [0.2, 0.25) is 10.0 Å². The lowest BCUT2D eigenvalue weighted by molar-refractivity contribution is -0.211. The van der Waals surface area contributed by atoms with Gasteiger partial charge in [-0.05, 0) is 42.3 Å². The molecule has 0 saturated heterocycles. The van der Waals surface area contributed by atoms with E-state index in [0.717, 1.165) is 13.2 Å². The molecule has 10 nitrogen and oxygen atoms in total. The molecule has 194 valence electrons. The topological polar surface area (TPSA) is 149 Å². The monoisotopic (exact) mass is 544 g/mol. The first kappa shape index (κ1) is 27.7. The van der Waals surface area contributed by atoms with Crippen molar-refractivity contribution in [2.45, 2.75) is 23.1 Å². The Morgan fingerprint density at radius 3 is 2.35 bits per heavy atom. The van der Waals surface area contributed by atoms with Gasteiger partial charge in [-0.1, -0.05) is 30.3 Å². The van der Waals surface area contributed by atoms with Crippen molar-refractivity contribution in [2.75, 3.05) is 19.9 Å². The number of sulfonamides is 1. The van der Waals surface area contributed by atoms with Gasteiger partial charge in [0.05, 0.1) is 23.6 Å². The molecule has 0 bridgehead atoms. The quantitative estimate of drug-likeness (QED) is 0.300. The molecule has 1 N–H and O–H groups in total. The Balaban J connectivity index is 1.90. The van der Waals surface area contributed by atoms with E-state index in [-0.39, 0.29) is 39.8 Å². The normalized spacial score (nSPS) is 11.4. The number of methoxy groups -OCH3 is 1. The number of nitriles is 1. The largest absolute Gasteiger partial charge is 0.495 e. The molecule has 0 saturated carbocycles. The van der Waals surface area contributed by atoms with Crippen LogP contribution in [0.15, 0.2) is 70.5 Å². The number of ether oxygens (including phenoxy) is 1. The van der Waals surface area contributed by atoms with Gasteiger partial charge in [0.1, 0.15) is 10.6 Å². The second kappa shape index (κ2) is 11.4. The third-order valence-electron chi connectivity index (χ3n) is 5.18. The number of benzene rings is 3. The number of sulfone groups is 1. The van der Waals surface area contributed by atoms with Crippen LogP contribution in [0.2, 0.25) is 0 Å². The summed E-state index contributed by atoms with van der Waals surface area (Å²) in [6, 6.07) is 17.2. The lowest BCUT2D eigenvalue weighted by atomic mass is 10.0. The second-order valence-corrected chi connectivity index (χ2v) is 11.6. The number of nitrogens with one attached hydrogen (secondary N) is 1. The van der Waals surface area contributed by atoms with Gasteiger partial charge in [0.15, 0.2) is 15.6 Å². The lowest BCUT2D eigenvalue weighted by Gasteiger charge is -2.14. The predicted octanol–water partition coefficient (Wildman–Crippen LogP) is 3.02. The lowest BCUT2D eigenvalue weighted by Crippen LogP contribution is -2.26. The summed E-state index contributed by atoms with van der Waals surface area (Å²) in [5.74, 6) is -0.517. The second-order valence-electron chi connectivity index (χ2n) is 7.87. The van der Waals surface area contributed by atoms with Crippen LogP contribution in [-0.2, 0) is 36.0 Å². The van der Waals surface area contributed by atoms with E-state index >= 15 is 0 Å². The highest BCUT2D eigenvalue weighted by molar-refractivity contribution is 7.91. The molecular formula is C25H24N2O8S2. The van der Waals surface area contributed by atoms with Gasteiger partial charge in [-0.25, -0.2) is 26.4 Å². The summed E-state index contributed by atoms with van der Waals surface area (Å²) in [7, 11) is -6.25. The third kappa shape index (κ3) is 6.85. The van der Waals surface area contributed by atoms with Gasteiger partial charge >= 0.3 is 5.97 Å². The van der Waals surface area contributed by atoms with Gasteiger partial charge in [-0.2, -0.15) is 5.26 Å². The van der Waals surface area contributed by atoms with Gasteiger partial charge in [0, 0.05) is 30.9 Å². The van der Waals surface area contributed by atoms with Crippen LogP contribution in [0.25, 0.3) is 11.1 Å². The van der Waals surface area contributed by atoms with Crippen molar-refractivity contribution in [2.24, 2.45) is 0 Å². The van der Waals surface area contributed by atoms with E-state index in [9.17, 15) is 21.6 Å². The molecule has 0 atom stereocenters. The molecule has 0 unspecified atom stereocenters. The molecule has 0 aliphatic rings. The molecular weight excluding hydrogens is 520 g/mol. The summed E-state index contributed by atoms with van der Waals surface area (Å²) in [6.45, 7) is 1.08. The SMILES string of the molecule is COc1ccc(C#N)cc1S(=O)(=O)NCCc1ccc(-c2ccccc2S(C)(=O)=O)cc1OOC(C)=O. The summed E-state index contributed by atoms with van der Waals surface area (Å²) in [5.41, 5.74) is 1.56. The number of hydrogen-bond donors (Lipinski definition) is 1. The van der Waals surface area contributed by atoms with Crippen molar-refractivity contribution >= 4 is 25.8 Å². The number of carbonyl (C=O) groups excluding carboxylic acids is 1. The summed E-state index contributed by atoms with van der Waals surface area (Å²) in [4.78, 5) is 21.1. The standard InChI is InChI=1S/C25H24N2O8S2/c1-17(28)34-35-23-15-20(21-6-4-5-7-24(21)36(3,29)30)10-9-19(23)12-13-27-37(31,32)25-14-18(16-26)8-11-22(25)33-2/h4-11,14-15,27H,12-13H2,1-3H3. The fourth-order valence-corrected chi connectivity index (χ4v) is 5.63. The molecule has 37 heavy (non-hydrogen) atoms. The highest BCUT2D eigenvalue weighted by Gasteiger charge is 2.21. The molecule has 0 aliphatic heterocycles. The molecule has 0 amide bonds. The maximum absolute atomic E-state index is 12.9. The number of hydrogen-bond acceptors (Lipinski definition) is 9. The van der Waals surface area contributed by atoms with E-state index in [4.69, 9.17) is 14.9 Å². The zero-order chi connectivity index (χ0) is 27.2. The summed E-state index contributed by atoms with van der Waals surface area (Å²) in [5, 5.41) is 9.11. The Kier molecular flexibility index (Phi) is 8.54. The maximum atomic E-state index is 12.9. The van der Waals surface area contributed by atoms with E-state index < -0.39 is 25.8 Å². The Hall–Kier alpha value is -3.92. The fourth-order valence-electron chi connectivity index (χ4n) is 3.49. The van der Waals surface area contributed by atoms with Crippen molar-refractivity contribution in [3.05, 3.63) is 71.8 Å². The van der Waals surface area contributed by atoms with E-state index in [1.165, 1.54) is 37.4 Å². The van der Waals surface area contributed by atoms with Gasteiger partial charge in [0.25, 0.3) is 0 Å². The van der Waals surface area contributed by atoms with Gasteiger partial charge < -0.3 is 4.74 Å². The summed E-state index contributed by atoms with van der Waals surface area (Å²) < 4.78 is 57.8. The van der Waals surface area contributed by atoms with Crippen molar-refractivity contribution in [1.29, 1.82) is 5.26 Å². The zero-order valence-electron chi connectivity index (χ0n) is 20.2. The summed E-state index contributed by atoms with van der Waals surface area (Å²) in [6.07, 6.45) is 1.23. The van der Waals surface area contributed by atoms with Gasteiger partial charge in [-0.15, -0.1) is 0 Å². The molecule has 0 heterocycles. The Morgan fingerprint density at radius 1 is 0.973 bits per heavy atom. The van der Waals surface area contributed by atoms with Crippen LogP contribution < -0.4 is 14.3 Å². The molecule has 3 aromatic rings. The molecule has 3 aromatic carbocycles. The van der Waals surface area contributed by atoms with E-state index in [0.29, 0.717) is 16.7 Å². The van der Waals surface area contributed by atoms with Crippen LogP contribution >= 0.6 is 0 Å². The summed E-state index contributed by atoms with van der Waals surface area (Å²) >= 11 is 0. The highest BCUT2D eigenvalue weighted by Crippen LogP contribution is 2.32. The fraction of sp³-hybridized carbons (Fsp3) is 0.200. The molecule has 0 aromatic heterocycles. The van der Waals surface area contributed by atoms with Crippen LogP contribution in [0.5, 0.6) is 11.5 Å². The number of carbonyl (C=O) groups is 1. The average molecular weight is 545 g/mol. The van der Waals surface area contributed by atoms with Crippen LogP contribution in [0.4, 0.5) is 0 Å². The van der Waals surface area contributed by atoms with Crippen LogP contribution in [0.1, 0.15) is 18.1 Å². The molecule has 3 rings (SSSR count). The number of rotatable bonds is 10. The first-order valence-electron chi connectivity index (χ1n) is 10.8. The smallest absolute Gasteiger partial charge is 0.352 e. The van der Waals surface area contributed by atoms with E-state index in [1.54, 1.807) is 30.3 Å². The van der Waals surface area contributed by atoms with Crippen LogP contribution in [0.3, 0.4) is 0 Å². The molecule has 0 radical (unpaired) electrons. The van der Waals surface area contributed by atoms with Crippen molar-refractivity contribution in [1.82, 2.24) is 4.72 Å². The highest BCUT2D eigenvalue weighted by atomic mass is 32.2. The van der Waals surface area contributed by atoms with Crippen LogP contribution in [-0.4, -0.2) is 42.7 Å². The minimum atomic E-state index is -4.04. The molecule has 0 spiro atoms. The Bertz CT molecular complexity index is 1580. The molecule has 0 fully saturated rings. The third-order valence-corrected chi connectivity index (χ3v) is 7.82. The Morgan fingerprint density at radius 2 is 1.70 bits per heavy atom. The zero-order valence-corrected chi connectivity index (χ0v) is 21.9. The van der Waals surface area contributed by atoms with E-state index in [2.05, 4.69) is 9.61 Å². The minimum absolute atomic E-state index is 0.0715. The first-order chi connectivity index (χ1) is 17.5. The predicted molar refractivity (Wildman–Crippen MR) is 134 cm³/mol. The Labute approximate surface area is 215 Å². The van der Waals surface area contributed by atoms with Crippen molar-refractivity contribution in [3.63, 3.8) is 0 Å². The van der Waals surface area contributed by atoms with Crippen molar-refractivity contribution < 1.29 is 36.1 Å². The number of nitrogens with zero attached hydrogens (tertiary/aromatic N) is 1. The van der Waals surface area contributed by atoms with Crippen molar-refractivity contribution in [3.8, 4) is 28.7 Å². The first-order valence-corrected chi connectivity index (χ1v) is 14.2. The average Bonchev–Trinajstić information content (AvgIpc) is 2.86. The molecule has 12 heteroatoms. The molecule has 0 aliphatic carbocycles. The van der Waals surface area contributed by atoms with E-state index in [1.807, 2.05) is 6.07 Å². The van der Waals surface area contributed by atoms with Crippen LogP contribution in [0, 0.1) is 11.3 Å². The van der Waals surface area contributed by atoms with Gasteiger partial charge in [-0.3, -0.25) is 9.78 Å². The maximum Gasteiger partial charge on any atom is 0.352 e. The minimum Gasteiger partial charge on any atom is -0.495 e.